The van der Waals surface area contributed by atoms with Crippen LogP contribution in [0, 0.1) is 0 Å². The van der Waals surface area contributed by atoms with Crippen molar-refractivity contribution >= 4 is 11.8 Å². The lowest BCUT2D eigenvalue weighted by atomic mass is 10.0. The van der Waals surface area contributed by atoms with E-state index < -0.39 is 0 Å². The van der Waals surface area contributed by atoms with Gasteiger partial charge in [-0.2, -0.15) is 0 Å². The first-order valence-corrected chi connectivity index (χ1v) is 11.8. The fourth-order valence-electron chi connectivity index (χ4n) is 3.24. The molecule has 0 aromatic carbocycles. The third kappa shape index (κ3) is 21.2. The van der Waals surface area contributed by atoms with Crippen LogP contribution in [0.2, 0.25) is 0 Å². The molecule has 0 heterocycles. The maximum absolute atomic E-state index is 11.7. The number of carbonyl (C=O) groups is 2. The highest BCUT2D eigenvalue weighted by molar-refractivity contribution is 5.76. The summed E-state index contributed by atoms with van der Waals surface area (Å²) in [4.78, 5) is 22.6. The molecule has 0 rings (SSSR count). The molecule has 5 heteroatoms. The van der Waals surface area contributed by atoms with Gasteiger partial charge in [-0.25, -0.2) is 0 Å². The second-order valence-electron chi connectivity index (χ2n) is 7.78. The van der Waals surface area contributed by atoms with Crippen molar-refractivity contribution in [1.29, 1.82) is 0 Å². The minimum atomic E-state index is -0.149. The van der Waals surface area contributed by atoms with Crippen LogP contribution in [0.15, 0.2) is 0 Å². The summed E-state index contributed by atoms with van der Waals surface area (Å²) >= 11 is 0. The number of rotatable bonds is 21. The van der Waals surface area contributed by atoms with Crippen LogP contribution in [0.3, 0.4) is 0 Å². The standard InChI is InChI=1S/C23H46N2O3/c1-3-4-5-6-7-8-9-10-11-12-13-14-15-16-17-18-22(26)25-19-20-28-21-23(27)24-2/h3-21H2,1-2H3,(H,24,27)(H,25,26). The lowest BCUT2D eigenvalue weighted by Gasteiger charge is -2.06. The Labute approximate surface area is 173 Å². The van der Waals surface area contributed by atoms with E-state index in [4.69, 9.17) is 4.74 Å². The molecule has 2 N–H and O–H groups in total. The topological polar surface area (TPSA) is 67.4 Å². The quantitative estimate of drug-likeness (QED) is 0.263. The second kappa shape index (κ2) is 22.2. The largest absolute Gasteiger partial charge is 0.370 e. The Hall–Kier alpha value is -1.10. The molecule has 0 atom stereocenters. The molecule has 0 aliphatic rings. The number of amides is 2. The maximum Gasteiger partial charge on any atom is 0.245 e. The number of hydrogen-bond donors (Lipinski definition) is 2. The van der Waals surface area contributed by atoms with E-state index in [-0.39, 0.29) is 18.4 Å². The average Bonchev–Trinajstić information content (AvgIpc) is 2.70. The van der Waals surface area contributed by atoms with E-state index in [9.17, 15) is 9.59 Å². The molecule has 166 valence electrons. The summed E-state index contributed by atoms with van der Waals surface area (Å²) in [5, 5.41) is 5.31. The van der Waals surface area contributed by atoms with E-state index in [1.54, 1.807) is 7.05 Å². The van der Waals surface area contributed by atoms with Gasteiger partial charge in [0.2, 0.25) is 11.8 Å². The van der Waals surface area contributed by atoms with Crippen molar-refractivity contribution < 1.29 is 14.3 Å². The van der Waals surface area contributed by atoms with Crippen LogP contribution in [0.5, 0.6) is 0 Å². The number of nitrogens with one attached hydrogen (secondary N) is 2. The van der Waals surface area contributed by atoms with Crippen molar-refractivity contribution in [3.05, 3.63) is 0 Å². The van der Waals surface area contributed by atoms with Gasteiger partial charge in [-0.3, -0.25) is 9.59 Å². The summed E-state index contributed by atoms with van der Waals surface area (Å²) < 4.78 is 5.14. The molecular formula is C23H46N2O3. The van der Waals surface area contributed by atoms with Gasteiger partial charge in [0.25, 0.3) is 0 Å². The van der Waals surface area contributed by atoms with Crippen molar-refractivity contribution in [2.45, 2.75) is 110 Å². The average molecular weight is 399 g/mol. The van der Waals surface area contributed by atoms with E-state index in [0.29, 0.717) is 19.6 Å². The molecular weight excluding hydrogens is 352 g/mol. The molecule has 0 aliphatic heterocycles. The highest BCUT2D eigenvalue weighted by Crippen LogP contribution is 2.13. The van der Waals surface area contributed by atoms with E-state index in [0.717, 1.165) is 12.8 Å². The van der Waals surface area contributed by atoms with Crippen molar-refractivity contribution in [3.63, 3.8) is 0 Å². The van der Waals surface area contributed by atoms with E-state index in [1.807, 2.05) is 0 Å². The molecule has 0 aromatic rings. The van der Waals surface area contributed by atoms with Gasteiger partial charge in [-0.1, -0.05) is 96.8 Å². The molecule has 5 nitrogen and oxygen atoms in total. The Morgan fingerprint density at radius 1 is 0.679 bits per heavy atom. The molecule has 0 bridgehead atoms. The number of hydrogen-bond acceptors (Lipinski definition) is 3. The first-order valence-electron chi connectivity index (χ1n) is 11.8. The van der Waals surface area contributed by atoms with E-state index in [2.05, 4.69) is 17.6 Å². The molecule has 28 heavy (non-hydrogen) atoms. The van der Waals surface area contributed by atoms with Crippen molar-refractivity contribution in [2.75, 3.05) is 26.8 Å². The van der Waals surface area contributed by atoms with Gasteiger partial charge in [-0.15, -0.1) is 0 Å². The Kier molecular flexibility index (Phi) is 21.3. The van der Waals surface area contributed by atoms with Crippen LogP contribution in [-0.4, -0.2) is 38.6 Å². The minimum absolute atomic E-state index is 0.0470. The highest BCUT2D eigenvalue weighted by atomic mass is 16.5. The van der Waals surface area contributed by atoms with Crippen LogP contribution in [-0.2, 0) is 14.3 Å². The Bertz CT molecular complexity index is 362. The SMILES string of the molecule is CCCCCCCCCCCCCCCCCC(=O)NCCOCC(=O)NC. The van der Waals surface area contributed by atoms with Gasteiger partial charge in [0.15, 0.2) is 0 Å². The molecule has 0 aromatic heterocycles. The van der Waals surface area contributed by atoms with Gasteiger partial charge >= 0.3 is 0 Å². The van der Waals surface area contributed by atoms with Crippen LogP contribution in [0.4, 0.5) is 0 Å². The zero-order valence-electron chi connectivity index (χ0n) is 18.7. The lowest BCUT2D eigenvalue weighted by molar-refractivity contribution is -0.125. The van der Waals surface area contributed by atoms with Crippen molar-refractivity contribution in [3.8, 4) is 0 Å². The second-order valence-corrected chi connectivity index (χ2v) is 7.78. The predicted octanol–water partition coefficient (Wildman–Crippen LogP) is 5.13. The summed E-state index contributed by atoms with van der Waals surface area (Å²) in [6.45, 7) is 3.16. The highest BCUT2D eigenvalue weighted by Gasteiger charge is 2.02. The number of ether oxygens (including phenoxy) is 1. The first kappa shape index (κ1) is 26.9. The fraction of sp³-hybridized carbons (Fsp3) is 0.913. The van der Waals surface area contributed by atoms with Crippen LogP contribution < -0.4 is 10.6 Å². The third-order valence-corrected chi connectivity index (χ3v) is 5.09. The fourth-order valence-corrected chi connectivity index (χ4v) is 3.24. The summed E-state index contributed by atoms with van der Waals surface area (Å²) in [5.74, 6) is -0.0673. The smallest absolute Gasteiger partial charge is 0.245 e. The third-order valence-electron chi connectivity index (χ3n) is 5.09. The zero-order chi connectivity index (χ0) is 20.7. The van der Waals surface area contributed by atoms with Gasteiger partial charge in [0, 0.05) is 20.0 Å². The van der Waals surface area contributed by atoms with E-state index in [1.165, 1.54) is 83.5 Å². The normalized spacial score (nSPS) is 10.8. The molecule has 0 saturated heterocycles. The molecule has 0 spiro atoms. The van der Waals surface area contributed by atoms with Gasteiger partial charge < -0.3 is 15.4 Å². The Balaban J connectivity index is 3.16. The number of unbranched alkanes of at least 4 members (excludes halogenated alkanes) is 14. The van der Waals surface area contributed by atoms with E-state index >= 15 is 0 Å². The molecule has 0 saturated carbocycles. The lowest BCUT2D eigenvalue weighted by Crippen LogP contribution is -2.29. The minimum Gasteiger partial charge on any atom is -0.370 e. The summed E-state index contributed by atoms with van der Waals surface area (Å²) in [5.41, 5.74) is 0. The molecule has 2 amide bonds. The number of likely N-dealkylation sites (N-methyl/N-ethyl adjacent to an activating group) is 1. The molecule has 0 fully saturated rings. The summed E-state index contributed by atoms with van der Waals surface area (Å²) in [6, 6.07) is 0. The summed E-state index contributed by atoms with van der Waals surface area (Å²) in [7, 11) is 1.57. The summed E-state index contributed by atoms with van der Waals surface area (Å²) in [6.07, 6.45) is 20.6. The van der Waals surface area contributed by atoms with Crippen LogP contribution >= 0.6 is 0 Å². The van der Waals surface area contributed by atoms with Crippen LogP contribution in [0.1, 0.15) is 110 Å². The van der Waals surface area contributed by atoms with Crippen molar-refractivity contribution in [2.24, 2.45) is 0 Å². The molecule has 0 unspecified atom stereocenters. The van der Waals surface area contributed by atoms with Crippen LogP contribution in [0.25, 0.3) is 0 Å². The monoisotopic (exact) mass is 398 g/mol. The maximum atomic E-state index is 11.7. The first-order chi connectivity index (χ1) is 13.7. The number of carbonyl (C=O) groups excluding carboxylic acids is 2. The predicted molar refractivity (Wildman–Crippen MR) is 117 cm³/mol. The molecule has 0 aliphatic carbocycles. The zero-order valence-corrected chi connectivity index (χ0v) is 18.7. The Morgan fingerprint density at radius 3 is 1.61 bits per heavy atom. The van der Waals surface area contributed by atoms with Crippen molar-refractivity contribution in [1.82, 2.24) is 10.6 Å². The Morgan fingerprint density at radius 2 is 1.14 bits per heavy atom. The van der Waals surface area contributed by atoms with Gasteiger partial charge in [0.05, 0.1) is 6.61 Å². The molecule has 0 radical (unpaired) electrons. The van der Waals surface area contributed by atoms with Gasteiger partial charge in [-0.05, 0) is 6.42 Å². The van der Waals surface area contributed by atoms with Gasteiger partial charge in [0.1, 0.15) is 6.61 Å².